The van der Waals surface area contributed by atoms with E-state index in [9.17, 15) is 0 Å². The van der Waals surface area contributed by atoms with Gasteiger partial charge in [-0.2, -0.15) is 0 Å². The average Bonchev–Trinajstić information content (AvgIpc) is 2.16. The highest BCUT2D eigenvalue weighted by Crippen LogP contribution is 2.42. The molecule has 2 rings (SSSR count). The second-order valence-corrected chi connectivity index (χ2v) is 5.68. The molecular formula is C14H21N. The van der Waals surface area contributed by atoms with Crippen molar-refractivity contribution < 1.29 is 0 Å². The minimum Gasteiger partial charge on any atom is -0.328 e. The molecule has 1 nitrogen and oxygen atoms in total. The average molecular weight is 203 g/mol. The van der Waals surface area contributed by atoms with Crippen molar-refractivity contribution >= 4 is 0 Å². The van der Waals surface area contributed by atoms with Crippen molar-refractivity contribution in [2.45, 2.75) is 45.1 Å². The van der Waals surface area contributed by atoms with Gasteiger partial charge in [-0.1, -0.05) is 44.2 Å². The van der Waals surface area contributed by atoms with Crippen molar-refractivity contribution in [3.8, 4) is 0 Å². The van der Waals surface area contributed by atoms with Crippen molar-refractivity contribution in [3.63, 3.8) is 0 Å². The number of hydrogen-bond acceptors (Lipinski definition) is 1. The summed E-state index contributed by atoms with van der Waals surface area (Å²) in [6.45, 7) is 4.67. The van der Waals surface area contributed by atoms with Crippen LogP contribution in [-0.4, -0.2) is 6.04 Å². The Bertz CT molecular complexity index is 315. The van der Waals surface area contributed by atoms with Crippen LogP contribution in [0.1, 0.15) is 44.6 Å². The maximum absolute atomic E-state index is 6.14. The van der Waals surface area contributed by atoms with Crippen LogP contribution in [0.25, 0.3) is 0 Å². The molecule has 82 valence electrons. The number of rotatable bonds is 1. The molecule has 1 aromatic rings. The van der Waals surface area contributed by atoms with Gasteiger partial charge in [-0.05, 0) is 36.2 Å². The van der Waals surface area contributed by atoms with Gasteiger partial charge in [-0.15, -0.1) is 0 Å². The maximum Gasteiger partial charge on any atom is 0.00497 e. The van der Waals surface area contributed by atoms with Crippen LogP contribution < -0.4 is 5.73 Å². The van der Waals surface area contributed by atoms with Crippen LogP contribution in [0.5, 0.6) is 0 Å². The van der Waals surface area contributed by atoms with E-state index in [1.807, 2.05) is 0 Å². The predicted molar refractivity (Wildman–Crippen MR) is 64.8 cm³/mol. The lowest BCUT2D eigenvalue weighted by Crippen LogP contribution is -2.36. The molecule has 2 atom stereocenters. The predicted octanol–water partition coefficient (Wildman–Crippen LogP) is 3.31. The lowest BCUT2D eigenvalue weighted by Gasteiger charge is -2.39. The van der Waals surface area contributed by atoms with Gasteiger partial charge < -0.3 is 5.73 Å². The molecule has 2 unspecified atom stereocenters. The maximum atomic E-state index is 6.14. The Morgan fingerprint density at radius 2 is 1.80 bits per heavy atom. The van der Waals surface area contributed by atoms with Crippen molar-refractivity contribution in [2.24, 2.45) is 11.1 Å². The zero-order chi connectivity index (χ0) is 10.9. The lowest BCUT2D eigenvalue weighted by molar-refractivity contribution is 0.197. The number of nitrogens with two attached hydrogens (primary N) is 1. The molecule has 0 aliphatic heterocycles. The van der Waals surface area contributed by atoms with Gasteiger partial charge in [-0.25, -0.2) is 0 Å². The third-order valence-electron chi connectivity index (χ3n) is 3.47. The van der Waals surface area contributed by atoms with E-state index in [1.54, 1.807) is 0 Å². The van der Waals surface area contributed by atoms with Crippen molar-refractivity contribution in [3.05, 3.63) is 35.9 Å². The monoisotopic (exact) mass is 203 g/mol. The van der Waals surface area contributed by atoms with E-state index in [1.165, 1.54) is 12.0 Å². The normalized spacial score (nSPS) is 30.1. The summed E-state index contributed by atoms with van der Waals surface area (Å²) in [5, 5.41) is 0. The van der Waals surface area contributed by atoms with Gasteiger partial charge in [0.15, 0.2) is 0 Å². The summed E-state index contributed by atoms with van der Waals surface area (Å²) >= 11 is 0. The van der Waals surface area contributed by atoms with Gasteiger partial charge in [0.2, 0.25) is 0 Å². The van der Waals surface area contributed by atoms with Gasteiger partial charge in [0.05, 0.1) is 0 Å². The fourth-order valence-corrected chi connectivity index (χ4v) is 2.97. The Morgan fingerprint density at radius 3 is 2.40 bits per heavy atom. The van der Waals surface area contributed by atoms with Crippen LogP contribution in [0.15, 0.2) is 30.3 Å². The molecule has 0 saturated heterocycles. The van der Waals surface area contributed by atoms with Gasteiger partial charge in [0, 0.05) is 6.04 Å². The third-order valence-corrected chi connectivity index (χ3v) is 3.47. The largest absolute Gasteiger partial charge is 0.328 e. The fourth-order valence-electron chi connectivity index (χ4n) is 2.97. The van der Waals surface area contributed by atoms with Crippen molar-refractivity contribution in [1.29, 1.82) is 0 Å². The van der Waals surface area contributed by atoms with E-state index in [4.69, 9.17) is 5.73 Å². The second kappa shape index (κ2) is 3.97. The minimum atomic E-state index is 0.374. The molecule has 15 heavy (non-hydrogen) atoms. The van der Waals surface area contributed by atoms with E-state index >= 15 is 0 Å². The van der Waals surface area contributed by atoms with Crippen LogP contribution in [0, 0.1) is 5.41 Å². The molecular weight excluding hydrogens is 182 g/mol. The molecule has 0 radical (unpaired) electrons. The van der Waals surface area contributed by atoms with E-state index in [0.29, 0.717) is 17.4 Å². The van der Waals surface area contributed by atoms with E-state index in [2.05, 4.69) is 44.2 Å². The summed E-state index contributed by atoms with van der Waals surface area (Å²) < 4.78 is 0. The molecule has 0 heterocycles. The summed E-state index contributed by atoms with van der Waals surface area (Å²) in [6, 6.07) is 11.2. The van der Waals surface area contributed by atoms with Crippen molar-refractivity contribution in [2.75, 3.05) is 0 Å². The topological polar surface area (TPSA) is 26.0 Å². The molecule has 1 aromatic carbocycles. The Labute approximate surface area is 92.7 Å². The molecule has 0 amide bonds. The van der Waals surface area contributed by atoms with Gasteiger partial charge >= 0.3 is 0 Å². The highest BCUT2D eigenvalue weighted by Gasteiger charge is 2.32. The fraction of sp³-hybridized carbons (Fsp3) is 0.571. The molecule has 0 bridgehead atoms. The molecule has 0 spiro atoms. The standard InChI is InChI=1S/C14H21N/c1-14(2)9-12(8-13(15)10-14)11-6-4-3-5-7-11/h3-7,12-13H,8-10,15H2,1-2H3. The minimum absolute atomic E-state index is 0.374. The molecule has 1 saturated carbocycles. The summed E-state index contributed by atoms with van der Waals surface area (Å²) in [4.78, 5) is 0. The first-order chi connectivity index (χ1) is 7.07. The quantitative estimate of drug-likeness (QED) is 0.744. The second-order valence-electron chi connectivity index (χ2n) is 5.68. The SMILES string of the molecule is CC1(C)CC(N)CC(c2ccccc2)C1. The Balaban J connectivity index is 2.17. The molecule has 1 heteroatoms. The summed E-state index contributed by atoms with van der Waals surface area (Å²) in [6.07, 6.45) is 3.58. The van der Waals surface area contributed by atoms with Gasteiger partial charge in [0.1, 0.15) is 0 Å². The van der Waals surface area contributed by atoms with Gasteiger partial charge in [0.25, 0.3) is 0 Å². The van der Waals surface area contributed by atoms with Crippen LogP contribution in [0.3, 0.4) is 0 Å². The first-order valence-corrected chi connectivity index (χ1v) is 5.87. The van der Waals surface area contributed by atoms with Crippen LogP contribution in [-0.2, 0) is 0 Å². The molecule has 0 aromatic heterocycles. The van der Waals surface area contributed by atoms with E-state index < -0.39 is 0 Å². The summed E-state index contributed by atoms with van der Waals surface area (Å²) in [5.74, 6) is 0.657. The Kier molecular flexibility index (Phi) is 2.83. The number of benzene rings is 1. The molecule has 1 fully saturated rings. The summed E-state index contributed by atoms with van der Waals surface area (Å²) in [7, 11) is 0. The third kappa shape index (κ3) is 2.60. The molecule has 2 N–H and O–H groups in total. The first kappa shape index (κ1) is 10.7. The smallest absolute Gasteiger partial charge is 0.00497 e. The summed E-state index contributed by atoms with van der Waals surface area (Å²) in [5.41, 5.74) is 8.00. The number of hydrogen-bond donors (Lipinski definition) is 1. The van der Waals surface area contributed by atoms with Crippen LogP contribution in [0.4, 0.5) is 0 Å². The molecule has 1 aliphatic carbocycles. The van der Waals surface area contributed by atoms with Crippen molar-refractivity contribution in [1.82, 2.24) is 0 Å². The van der Waals surface area contributed by atoms with Gasteiger partial charge in [-0.3, -0.25) is 0 Å². The van der Waals surface area contributed by atoms with Crippen LogP contribution >= 0.6 is 0 Å². The van der Waals surface area contributed by atoms with E-state index in [0.717, 1.165) is 12.8 Å². The highest BCUT2D eigenvalue weighted by atomic mass is 14.7. The first-order valence-electron chi connectivity index (χ1n) is 5.87. The van der Waals surface area contributed by atoms with Crippen LogP contribution in [0.2, 0.25) is 0 Å². The highest BCUT2D eigenvalue weighted by molar-refractivity contribution is 5.21. The van der Waals surface area contributed by atoms with E-state index in [-0.39, 0.29) is 0 Å². The Morgan fingerprint density at radius 1 is 1.13 bits per heavy atom. The zero-order valence-electron chi connectivity index (χ0n) is 9.74. The Hall–Kier alpha value is -0.820. The zero-order valence-corrected chi connectivity index (χ0v) is 9.74. The molecule has 1 aliphatic rings. The lowest BCUT2D eigenvalue weighted by atomic mass is 9.68.